The zero-order valence-corrected chi connectivity index (χ0v) is 10.8. The van der Waals surface area contributed by atoms with Gasteiger partial charge in [0, 0.05) is 31.2 Å². The summed E-state index contributed by atoms with van der Waals surface area (Å²) in [7, 11) is 0. The zero-order valence-electron chi connectivity index (χ0n) is 10.8. The standard InChI is InChI=1S/C14H18N4/c1-10-5-6-15-7-12(10)8-16-14-17-11(2)9-18(14)13-3-4-13/h5-7,9,13H,3-4,8H2,1-2H3,(H,16,17). The van der Waals surface area contributed by atoms with Crippen molar-refractivity contribution in [1.29, 1.82) is 0 Å². The van der Waals surface area contributed by atoms with Crippen LogP contribution in [0.3, 0.4) is 0 Å². The predicted molar refractivity (Wildman–Crippen MR) is 71.5 cm³/mol. The second-order valence-electron chi connectivity index (χ2n) is 5.00. The SMILES string of the molecule is Cc1cn(C2CC2)c(NCc2cnccc2C)n1. The molecule has 18 heavy (non-hydrogen) atoms. The molecule has 0 spiro atoms. The molecule has 0 saturated heterocycles. The molecule has 4 nitrogen and oxygen atoms in total. The molecule has 2 aromatic rings. The van der Waals surface area contributed by atoms with Crippen LogP contribution in [0, 0.1) is 13.8 Å². The van der Waals surface area contributed by atoms with E-state index in [1.165, 1.54) is 24.0 Å². The van der Waals surface area contributed by atoms with Gasteiger partial charge < -0.3 is 9.88 Å². The maximum absolute atomic E-state index is 4.55. The van der Waals surface area contributed by atoms with Gasteiger partial charge in [-0.1, -0.05) is 0 Å². The van der Waals surface area contributed by atoms with Crippen molar-refractivity contribution in [1.82, 2.24) is 14.5 Å². The second kappa shape index (κ2) is 4.44. The van der Waals surface area contributed by atoms with Crippen molar-refractivity contribution >= 4 is 5.95 Å². The minimum Gasteiger partial charge on any atom is -0.351 e. The van der Waals surface area contributed by atoms with Crippen molar-refractivity contribution in [3.8, 4) is 0 Å². The van der Waals surface area contributed by atoms with Crippen molar-refractivity contribution in [2.75, 3.05) is 5.32 Å². The lowest BCUT2D eigenvalue weighted by Crippen LogP contribution is -2.07. The van der Waals surface area contributed by atoms with Crippen molar-refractivity contribution in [3.63, 3.8) is 0 Å². The first-order valence-electron chi connectivity index (χ1n) is 6.43. The fraction of sp³-hybridized carbons (Fsp3) is 0.429. The van der Waals surface area contributed by atoms with Gasteiger partial charge in [0.1, 0.15) is 0 Å². The van der Waals surface area contributed by atoms with E-state index in [-0.39, 0.29) is 0 Å². The number of hydrogen-bond donors (Lipinski definition) is 1. The van der Waals surface area contributed by atoms with E-state index in [0.717, 1.165) is 18.2 Å². The van der Waals surface area contributed by atoms with Gasteiger partial charge >= 0.3 is 0 Å². The van der Waals surface area contributed by atoms with Gasteiger partial charge in [0.05, 0.1) is 5.69 Å². The highest BCUT2D eigenvalue weighted by molar-refractivity contribution is 5.33. The number of hydrogen-bond acceptors (Lipinski definition) is 3. The molecule has 94 valence electrons. The molecule has 2 heterocycles. The molecule has 2 aromatic heterocycles. The summed E-state index contributed by atoms with van der Waals surface area (Å²) in [6.07, 6.45) is 8.43. The number of aryl methyl sites for hydroxylation is 2. The molecular weight excluding hydrogens is 224 g/mol. The van der Waals surface area contributed by atoms with Gasteiger partial charge in [0.25, 0.3) is 0 Å². The minimum atomic E-state index is 0.656. The van der Waals surface area contributed by atoms with E-state index in [4.69, 9.17) is 0 Å². The Balaban J connectivity index is 1.75. The van der Waals surface area contributed by atoms with Crippen molar-refractivity contribution in [2.24, 2.45) is 0 Å². The molecule has 0 bridgehead atoms. The summed E-state index contributed by atoms with van der Waals surface area (Å²) in [5, 5.41) is 3.42. The Morgan fingerprint density at radius 2 is 2.22 bits per heavy atom. The highest BCUT2D eigenvalue weighted by Crippen LogP contribution is 2.37. The fourth-order valence-electron chi connectivity index (χ4n) is 2.13. The highest BCUT2D eigenvalue weighted by Gasteiger charge is 2.26. The van der Waals surface area contributed by atoms with Crippen LogP contribution in [0.15, 0.2) is 24.7 Å². The van der Waals surface area contributed by atoms with Crippen LogP contribution in [0.25, 0.3) is 0 Å². The first kappa shape index (κ1) is 11.3. The topological polar surface area (TPSA) is 42.7 Å². The summed E-state index contributed by atoms with van der Waals surface area (Å²) in [4.78, 5) is 8.71. The molecule has 1 aliphatic carbocycles. The first-order valence-corrected chi connectivity index (χ1v) is 6.43. The van der Waals surface area contributed by atoms with Crippen LogP contribution in [0.5, 0.6) is 0 Å². The van der Waals surface area contributed by atoms with Crippen LogP contribution in [0.1, 0.15) is 35.7 Å². The monoisotopic (exact) mass is 242 g/mol. The Kier molecular flexibility index (Phi) is 2.78. The third-order valence-electron chi connectivity index (χ3n) is 3.38. The lowest BCUT2D eigenvalue weighted by atomic mass is 10.2. The molecule has 1 fully saturated rings. The number of nitrogens with zero attached hydrogens (tertiary/aromatic N) is 3. The van der Waals surface area contributed by atoms with Crippen molar-refractivity contribution in [3.05, 3.63) is 41.5 Å². The molecule has 1 saturated carbocycles. The van der Waals surface area contributed by atoms with Gasteiger partial charge in [-0.05, 0) is 43.9 Å². The predicted octanol–water partition coefficient (Wildman–Crippen LogP) is 2.84. The van der Waals surface area contributed by atoms with E-state index < -0.39 is 0 Å². The second-order valence-corrected chi connectivity index (χ2v) is 5.00. The number of pyridine rings is 1. The summed E-state index contributed by atoms with van der Waals surface area (Å²) in [5.74, 6) is 0.984. The largest absolute Gasteiger partial charge is 0.351 e. The highest BCUT2D eigenvalue weighted by atomic mass is 15.2. The Morgan fingerprint density at radius 1 is 1.39 bits per heavy atom. The summed E-state index contributed by atoms with van der Waals surface area (Å²) in [5.41, 5.74) is 3.56. The minimum absolute atomic E-state index is 0.656. The summed E-state index contributed by atoms with van der Waals surface area (Å²) in [6, 6.07) is 2.69. The number of imidazole rings is 1. The third-order valence-corrected chi connectivity index (χ3v) is 3.38. The Bertz CT molecular complexity index is 555. The summed E-state index contributed by atoms with van der Waals surface area (Å²) < 4.78 is 2.26. The third kappa shape index (κ3) is 2.23. The smallest absolute Gasteiger partial charge is 0.203 e. The number of rotatable bonds is 4. The number of aromatic nitrogens is 3. The molecule has 1 N–H and O–H groups in total. The van der Waals surface area contributed by atoms with E-state index in [1.54, 1.807) is 0 Å². The van der Waals surface area contributed by atoms with E-state index >= 15 is 0 Å². The van der Waals surface area contributed by atoms with E-state index in [2.05, 4.69) is 33.0 Å². The van der Waals surface area contributed by atoms with E-state index in [1.807, 2.05) is 25.4 Å². The van der Waals surface area contributed by atoms with Gasteiger partial charge in [0.2, 0.25) is 5.95 Å². The van der Waals surface area contributed by atoms with E-state index in [0.29, 0.717) is 6.04 Å². The normalized spacial score (nSPS) is 14.8. The number of anilines is 1. The molecule has 1 aliphatic rings. The van der Waals surface area contributed by atoms with Crippen LogP contribution in [0.2, 0.25) is 0 Å². The molecule has 0 amide bonds. The van der Waals surface area contributed by atoms with Gasteiger partial charge in [-0.15, -0.1) is 0 Å². The van der Waals surface area contributed by atoms with E-state index in [9.17, 15) is 0 Å². The number of nitrogens with one attached hydrogen (secondary N) is 1. The fourth-order valence-corrected chi connectivity index (χ4v) is 2.13. The van der Waals surface area contributed by atoms with Crippen LogP contribution in [0.4, 0.5) is 5.95 Å². The molecule has 0 atom stereocenters. The molecule has 4 heteroatoms. The van der Waals surface area contributed by atoms with Crippen molar-refractivity contribution in [2.45, 2.75) is 39.3 Å². The van der Waals surface area contributed by atoms with Gasteiger partial charge in [0.15, 0.2) is 0 Å². The van der Waals surface area contributed by atoms with Crippen molar-refractivity contribution < 1.29 is 0 Å². The molecule has 0 aromatic carbocycles. The molecule has 0 unspecified atom stereocenters. The van der Waals surface area contributed by atoms with Gasteiger partial charge in [-0.3, -0.25) is 4.98 Å². The Labute approximate surface area is 107 Å². The maximum atomic E-state index is 4.55. The quantitative estimate of drug-likeness (QED) is 0.896. The molecule has 3 rings (SSSR count). The Morgan fingerprint density at radius 3 is 2.94 bits per heavy atom. The summed E-state index contributed by atoms with van der Waals surface area (Å²) >= 11 is 0. The molecule has 0 radical (unpaired) electrons. The molecular formula is C14H18N4. The first-order chi connectivity index (χ1) is 8.74. The van der Waals surface area contributed by atoms with Crippen LogP contribution >= 0.6 is 0 Å². The van der Waals surface area contributed by atoms with Crippen LogP contribution in [-0.2, 0) is 6.54 Å². The lowest BCUT2D eigenvalue weighted by molar-refractivity contribution is 0.742. The zero-order chi connectivity index (χ0) is 12.5. The van der Waals surface area contributed by atoms with Gasteiger partial charge in [-0.2, -0.15) is 0 Å². The Hall–Kier alpha value is -1.84. The van der Waals surface area contributed by atoms with Gasteiger partial charge in [-0.25, -0.2) is 4.98 Å². The lowest BCUT2D eigenvalue weighted by Gasteiger charge is -2.09. The molecule has 0 aliphatic heterocycles. The van der Waals surface area contributed by atoms with Crippen LogP contribution in [-0.4, -0.2) is 14.5 Å². The average molecular weight is 242 g/mol. The maximum Gasteiger partial charge on any atom is 0.203 e. The average Bonchev–Trinajstić information content (AvgIpc) is 3.13. The van der Waals surface area contributed by atoms with Crippen LogP contribution < -0.4 is 5.32 Å². The summed E-state index contributed by atoms with van der Waals surface area (Å²) in [6.45, 7) is 4.93.